The van der Waals surface area contributed by atoms with Crippen molar-refractivity contribution in [2.24, 2.45) is 5.92 Å². The van der Waals surface area contributed by atoms with Crippen LogP contribution < -0.4 is 5.32 Å². The average molecular weight is 306 g/mol. The first-order chi connectivity index (χ1) is 9.38. The highest BCUT2D eigenvalue weighted by molar-refractivity contribution is 6.31. The minimum atomic E-state index is -4.41. The maximum absolute atomic E-state index is 12.8. The van der Waals surface area contributed by atoms with Gasteiger partial charge in [0.25, 0.3) is 0 Å². The molecule has 1 nitrogen and oxygen atoms in total. The van der Waals surface area contributed by atoms with Crippen molar-refractivity contribution in [3.05, 3.63) is 28.8 Å². The molecule has 20 heavy (non-hydrogen) atoms. The Morgan fingerprint density at radius 2 is 1.85 bits per heavy atom. The van der Waals surface area contributed by atoms with E-state index in [4.69, 9.17) is 11.6 Å². The summed E-state index contributed by atoms with van der Waals surface area (Å²) in [5.41, 5.74) is -0.292. The number of alkyl halides is 3. The number of benzene rings is 1. The number of hydrogen-bond donors (Lipinski definition) is 1. The molecule has 0 amide bonds. The van der Waals surface area contributed by atoms with Gasteiger partial charge in [0.2, 0.25) is 0 Å². The van der Waals surface area contributed by atoms with Crippen LogP contribution in [0, 0.1) is 5.92 Å². The molecule has 112 valence electrons. The van der Waals surface area contributed by atoms with Crippen LogP contribution in [-0.2, 0) is 6.18 Å². The zero-order valence-electron chi connectivity index (χ0n) is 11.4. The lowest BCUT2D eigenvalue weighted by atomic mass is 9.84. The fourth-order valence-electron chi connectivity index (χ4n) is 2.85. The molecule has 0 aliphatic heterocycles. The Hall–Kier alpha value is -0.900. The molecule has 0 radical (unpaired) electrons. The van der Waals surface area contributed by atoms with Gasteiger partial charge in [0.05, 0.1) is 10.6 Å². The quantitative estimate of drug-likeness (QED) is 0.751. The van der Waals surface area contributed by atoms with E-state index in [1.165, 1.54) is 25.3 Å². The predicted octanol–water partition coefficient (Wildman–Crippen LogP) is 5.74. The zero-order valence-corrected chi connectivity index (χ0v) is 12.2. The molecule has 1 aromatic rings. The average Bonchev–Trinajstić information content (AvgIpc) is 2.40. The van der Waals surface area contributed by atoms with Crippen molar-refractivity contribution in [1.29, 1.82) is 0 Å². The second-order valence-electron chi connectivity index (χ2n) is 5.52. The van der Waals surface area contributed by atoms with Gasteiger partial charge in [0.1, 0.15) is 0 Å². The van der Waals surface area contributed by atoms with Crippen molar-refractivity contribution in [2.45, 2.75) is 51.2 Å². The van der Waals surface area contributed by atoms with Crippen molar-refractivity contribution in [1.82, 2.24) is 0 Å². The van der Waals surface area contributed by atoms with E-state index < -0.39 is 11.7 Å². The molecule has 1 aliphatic carbocycles. The van der Waals surface area contributed by atoms with Crippen LogP contribution in [0.15, 0.2) is 18.2 Å². The van der Waals surface area contributed by atoms with Crippen molar-refractivity contribution >= 4 is 17.3 Å². The third-order valence-electron chi connectivity index (χ3n) is 4.02. The maximum atomic E-state index is 12.8. The van der Waals surface area contributed by atoms with E-state index in [-0.39, 0.29) is 11.1 Å². The third-order valence-corrected chi connectivity index (χ3v) is 4.35. The first kappa shape index (κ1) is 15.5. The van der Waals surface area contributed by atoms with Crippen LogP contribution >= 0.6 is 11.6 Å². The van der Waals surface area contributed by atoms with E-state index in [1.807, 2.05) is 6.92 Å². The van der Waals surface area contributed by atoms with Crippen LogP contribution in [0.3, 0.4) is 0 Å². The minimum absolute atomic E-state index is 0.178. The molecule has 0 spiro atoms. The first-order valence-corrected chi connectivity index (χ1v) is 7.39. The molecule has 0 bridgehead atoms. The van der Waals surface area contributed by atoms with Crippen molar-refractivity contribution in [3.8, 4) is 0 Å². The number of rotatable bonds is 3. The topological polar surface area (TPSA) is 12.0 Å². The predicted molar refractivity (Wildman–Crippen MR) is 76.1 cm³/mol. The third kappa shape index (κ3) is 3.81. The second-order valence-corrected chi connectivity index (χ2v) is 5.93. The number of hydrogen-bond acceptors (Lipinski definition) is 1. The van der Waals surface area contributed by atoms with Crippen molar-refractivity contribution in [2.75, 3.05) is 5.32 Å². The van der Waals surface area contributed by atoms with Gasteiger partial charge in [-0.25, -0.2) is 0 Å². The Bertz CT molecular complexity index is 453. The fourth-order valence-corrected chi connectivity index (χ4v) is 3.07. The van der Waals surface area contributed by atoms with E-state index >= 15 is 0 Å². The minimum Gasteiger partial charge on any atom is -0.382 e. The second kappa shape index (κ2) is 6.25. The Morgan fingerprint density at radius 1 is 1.20 bits per heavy atom. The van der Waals surface area contributed by atoms with E-state index in [9.17, 15) is 13.2 Å². The summed E-state index contributed by atoms with van der Waals surface area (Å²) < 4.78 is 38.4. The summed E-state index contributed by atoms with van der Waals surface area (Å²) >= 11 is 5.62. The molecule has 1 saturated carbocycles. The molecule has 0 saturated heterocycles. The monoisotopic (exact) mass is 305 g/mol. The van der Waals surface area contributed by atoms with Gasteiger partial charge in [-0.15, -0.1) is 0 Å². The highest BCUT2D eigenvalue weighted by Gasteiger charge is 2.33. The molecule has 0 heterocycles. The highest BCUT2D eigenvalue weighted by atomic mass is 35.5. The lowest BCUT2D eigenvalue weighted by molar-refractivity contribution is -0.137. The van der Waals surface area contributed by atoms with Gasteiger partial charge in [-0.05, 0) is 43.9 Å². The van der Waals surface area contributed by atoms with Crippen molar-refractivity contribution in [3.63, 3.8) is 0 Å². The van der Waals surface area contributed by atoms with Gasteiger partial charge >= 0.3 is 6.18 Å². The van der Waals surface area contributed by atoms with Gasteiger partial charge < -0.3 is 5.32 Å². The molecular weight excluding hydrogens is 287 g/mol. The molecule has 1 fully saturated rings. The highest BCUT2D eigenvalue weighted by Crippen LogP contribution is 2.36. The van der Waals surface area contributed by atoms with Crippen LogP contribution in [0.5, 0.6) is 0 Å². The summed E-state index contributed by atoms with van der Waals surface area (Å²) in [6.07, 6.45) is 1.57. The molecule has 1 atom stereocenters. The van der Waals surface area contributed by atoms with Gasteiger partial charge in [0, 0.05) is 11.7 Å². The normalized spacial score (nSPS) is 18.9. The maximum Gasteiger partial charge on any atom is 0.417 e. The van der Waals surface area contributed by atoms with Crippen molar-refractivity contribution < 1.29 is 13.2 Å². The molecule has 0 aromatic heterocycles. The number of halogens is 4. The summed E-state index contributed by atoms with van der Waals surface area (Å²) in [5, 5.41) is 2.94. The standard InChI is InChI=1S/C15H19ClF3N/c1-10(11-5-3-2-4-6-11)20-12-7-8-14(16)13(9-12)15(17,18)19/h7-11,20H,2-6H2,1H3. The molecular formula is C15H19ClF3N. The van der Waals surface area contributed by atoms with Crippen LogP contribution in [0.1, 0.15) is 44.6 Å². The SMILES string of the molecule is CC(Nc1ccc(Cl)c(C(F)(F)F)c1)C1CCCCC1. The molecule has 1 aromatic carbocycles. The molecule has 1 unspecified atom stereocenters. The first-order valence-electron chi connectivity index (χ1n) is 7.01. The van der Waals surface area contributed by atoms with Crippen LogP contribution in [0.25, 0.3) is 0 Å². The molecule has 5 heteroatoms. The lowest BCUT2D eigenvalue weighted by Gasteiger charge is -2.29. The van der Waals surface area contributed by atoms with E-state index in [0.29, 0.717) is 11.6 Å². The van der Waals surface area contributed by atoms with Gasteiger partial charge in [0.15, 0.2) is 0 Å². The van der Waals surface area contributed by atoms with Gasteiger partial charge in [-0.3, -0.25) is 0 Å². The Morgan fingerprint density at radius 3 is 2.45 bits per heavy atom. The summed E-state index contributed by atoms with van der Waals surface area (Å²) in [5.74, 6) is 0.536. The fraction of sp³-hybridized carbons (Fsp3) is 0.600. The summed E-state index contributed by atoms with van der Waals surface area (Å²) in [6, 6.07) is 4.19. The van der Waals surface area contributed by atoms with E-state index in [1.54, 1.807) is 6.07 Å². The van der Waals surface area contributed by atoms with Crippen LogP contribution in [0.2, 0.25) is 5.02 Å². The largest absolute Gasteiger partial charge is 0.417 e. The molecule has 1 N–H and O–H groups in total. The van der Waals surface area contributed by atoms with Crippen LogP contribution in [0.4, 0.5) is 18.9 Å². The van der Waals surface area contributed by atoms with E-state index in [0.717, 1.165) is 18.9 Å². The van der Waals surface area contributed by atoms with E-state index in [2.05, 4.69) is 5.32 Å². The Labute approximate surface area is 122 Å². The molecule has 2 rings (SSSR count). The Balaban J connectivity index is 2.09. The lowest BCUT2D eigenvalue weighted by Crippen LogP contribution is -2.27. The summed E-state index contributed by atoms with van der Waals surface area (Å²) in [7, 11) is 0. The number of nitrogens with one attached hydrogen (secondary N) is 1. The summed E-state index contributed by atoms with van der Waals surface area (Å²) in [4.78, 5) is 0. The van der Waals surface area contributed by atoms with Gasteiger partial charge in [-0.1, -0.05) is 30.9 Å². The number of anilines is 1. The van der Waals surface area contributed by atoms with Gasteiger partial charge in [-0.2, -0.15) is 13.2 Å². The summed E-state index contributed by atoms with van der Waals surface area (Å²) in [6.45, 7) is 2.04. The molecule has 1 aliphatic rings. The smallest absolute Gasteiger partial charge is 0.382 e. The van der Waals surface area contributed by atoms with Crippen LogP contribution in [-0.4, -0.2) is 6.04 Å². The zero-order chi connectivity index (χ0) is 14.8. The Kier molecular flexibility index (Phi) is 4.84.